The third-order valence-corrected chi connectivity index (χ3v) is 5.22. The van der Waals surface area contributed by atoms with Gasteiger partial charge in [-0.1, -0.05) is 6.07 Å². The number of rotatable bonds is 4. The number of anilines is 1. The van der Waals surface area contributed by atoms with E-state index in [0.717, 1.165) is 12.1 Å². The lowest BCUT2D eigenvalue weighted by Gasteiger charge is -2.12. The van der Waals surface area contributed by atoms with E-state index < -0.39 is 10.0 Å². The molecule has 0 radical (unpaired) electrons. The molecule has 0 bridgehead atoms. The van der Waals surface area contributed by atoms with Gasteiger partial charge in [0.15, 0.2) is 11.5 Å². The second kappa shape index (κ2) is 6.68. The highest BCUT2D eigenvalue weighted by atomic mass is 32.2. The molecule has 4 rings (SSSR count). The van der Waals surface area contributed by atoms with Crippen molar-refractivity contribution in [2.24, 2.45) is 0 Å². The van der Waals surface area contributed by atoms with Gasteiger partial charge < -0.3 is 9.47 Å². The normalized spacial score (nSPS) is 13.8. The van der Waals surface area contributed by atoms with E-state index in [2.05, 4.69) is 14.9 Å². The van der Waals surface area contributed by atoms with E-state index >= 15 is 0 Å². The van der Waals surface area contributed by atoms with Crippen molar-refractivity contribution in [2.75, 3.05) is 17.9 Å². The Labute approximate surface area is 150 Å². The lowest BCUT2D eigenvalue weighted by molar-refractivity contribution is 0.297. The van der Waals surface area contributed by atoms with E-state index in [1.165, 1.54) is 24.8 Å². The highest BCUT2D eigenvalue weighted by Gasteiger charge is 2.19. The number of benzene rings is 2. The standard InChI is InChI=1S/C17H16N4O4S/c22-26(23,15-5-6-16-17(10-15)25-8-2-7-24-16)20-13-3-1-4-14(9-13)21-11-18-19-12-21/h1,3-6,9-12,20H,2,7-8H2. The van der Waals surface area contributed by atoms with Crippen molar-refractivity contribution in [1.29, 1.82) is 0 Å². The second-order valence-electron chi connectivity index (χ2n) is 5.68. The molecule has 134 valence electrons. The highest BCUT2D eigenvalue weighted by molar-refractivity contribution is 7.92. The van der Waals surface area contributed by atoms with Crippen molar-refractivity contribution in [2.45, 2.75) is 11.3 Å². The van der Waals surface area contributed by atoms with Crippen LogP contribution in [-0.4, -0.2) is 36.4 Å². The summed E-state index contributed by atoms with van der Waals surface area (Å²) in [5.74, 6) is 0.986. The summed E-state index contributed by atoms with van der Waals surface area (Å²) in [6.45, 7) is 1.04. The van der Waals surface area contributed by atoms with E-state index in [1.807, 2.05) is 6.07 Å². The van der Waals surface area contributed by atoms with Crippen molar-refractivity contribution < 1.29 is 17.9 Å². The molecular formula is C17H16N4O4S. The van der Waals surface area contributed by atoms with Crippen LogP contribution < -0.4 is 14.2 Å². The monoisotopic (exact) mass is 372 g/mol. The predicted molar refractivity (Wildman–Crippen MR) is 94.2 cm³/mol. The molecule has 0 saturated heterocycles. The van der Waals surface area contributed by atoms with Crippen LogP contribution in [0.25, 0.3) is 5.69 Å². The summed E-state index contributed by atoms with van der Waals surface area (Å²) in [6.07, 6.45) is 3.83. The Morgan fingerprint density at radius 3 is 2.54 bits per heavy atom. The van der Waals surface area contributed by atoms with E-state index in [-0.39, 0.29) is 4.90 Å². The molecule has 9 heteroatoms. The van der Waals surface area contributed by atoms with Gasteiger partial charge in [0.1, 0.15) is 12.7 Å². The fourth-order valence-electron chi connectivity index (χ4n) is 2.59. The molecular weight excluding hydrogens is 356 g/mol. The fraction of sp³-hybridized carbons (Fsp3) is 0.176. The first-order chi connectivity index (χ1) is 12.6. The molecule has 0 atom stereocenters. The Morgan fingerprint density at radius 1 is 0.962 bits per heavy atom. The highest BCUT2D eigenvalue weighted by Crippen LogP contribution is 2.32. The lowest BCUT2D eigenvalue weighted by atomic mass is 10.3. The minimum atomic E-state index is -3.77. The van der Waals surface area contributed by atoms with Gasteiger partial charge in [-0.25, -0.2) is 8.42 Å². The van der Waals surface area contributed by atoms with Crippen LogP contribution in [0.3, 0.4) is 0 Å². The van der Waals surface area contributed by atoms with Gasteiger partial charge in [-0.15, -0.1) is 10.2 Å². The zero-order valence-corrected chi connectivity index (χ0v) is 14.5. The van der Waals surface area contributed by atoms with Crippen LogP contribution in [0.15, 0.2) is 60.0 Å². The summed E-state index contributed by atoms with van der Waals surface area (Å²) >= 11 is 0. The molecule has 0 unspecified atom stereocenters. The molecule has 0 amide bonds. The zero-order chi connectivity index (χ0) is 18.0. The SMILES string of the molecule is O=S(=O)(Nc1cccc(-n2cnnc2)c1)c1ccc2c(c1)OCCCO2. The fourth-order valence-corrected chi connectivity index (χ4v) is 3.65. The van der Waals surface area contributed by atoms with E-state index in [9.17, 15) is 8.42 Å². The van der Waals surface area contributed by atoms with Crippen molar-refractivity contribution >= 4 is 15.7 Å². The molecule has 1 N–H and O–H groups in total. The largest absolute Gasteiger partial charge is 0.490 e. The van der Waals surface area contributed by atoms with Gasteiger partial charge in [0.2, 0.25) is 0 Å². The van der Waals surface area contributed by atoms with E-state index in [4.69, 9.17) is 9.47 Å². The maximum absolute atomic E-state index is 12.7. The van der Waals surface area contributed by atoms with Gasteiger partial charge in [0.25, 0.3) is 10.0 Å². The van der Waals surface area contributed by atoms with Gasteiger partial charge >= 0.3 is 0 Å². The van der Waals surface area contributed by atoms with Crippen LogP contribution in [-0.2, 0) is 10.0 Å². The Morgan fingerprint density at radius 2 is 1.73 bits per heavy atom. The number of fused-ring (bicyclic) bond motifs is 1. The molecule has 0 aliphatic carbocycles. The molecule has 1 aromatic heterocycles. The number of hydrogen-bond acceptors (Lipinski definition) is 6. The molecule has 2 heterocycles. The maximum Gasteiger partial charge on any atom is 0.262 e. The van der Waals surface area contributed by atoms with Crippen LogP contribution in [0.2, 0.25) is 0 Å². The van der Waals surface area contributed by atoms with Gasteiger partial charge in [0, 0.05) is 12.5 Å². The number of ether oxygens (including phenoxy) is 2. The van der Waals surface area contributed by atoms with Gasteiger partial charge in [-0.3, -0.25) is 9.29 Å². The Hall–Kier alpha value is -3.07. The number of hydrogen-bond donors (Lipinski definition) is 1. The number of nitrogens with one attached hydrogen (secondary N) is 1. The average molecular weight is 372 g/mol. The summed E-state index contributed by atoms with van der Waals surface area (Å²) in [6, 6.07) is 11.5. The molecule has 0 fully saturated rings. The quantitative estimate of drug-likeness (QED) is 0.755. The molecule has 8 nitrogen and oxygen atoms in total. The van der Waals surface area contributed by atoms with Gasteiger partial charge in [-0.05, 0) is 30.3 Å². The maximum atomic E-state index is 12.7. The Kier molecular flexibility index (Phi) is 4.21. The first-order valence-electron chi connectivity index (χ1n) is 7.99. The lowest BCUT2D eigenvalue weighted by Crippen LogP contribution is -2.13. The van der Waals surface area contributed by atoms with E-state index in [0.29, 0.717) is 30.4 Å². The summed E-state index contributed by atoms with van der Waals surface area (Å²) < 4.78 is 40.8. The van der Waals surface area contributed by atoms with Crippen molar-refractivity contribution in [3.05, 3.63) is 55.1 Å². The predicted octanol–water partition coefficient (Wildman–Crippen LogP) is 2.23. The smallest absolute Gasteiger partial charge is 0.262 e. The summed E-state index contributed by atoms with van der Waals surface area (Å²) in [5, 5.41) is 7.50. The number of sulfonamides is 1. The first kappa shape index (κ1) is 16.4. The molecule has 1 aliphatic heterocycles. The molecule has 2 aromatic carbocycles. The van der Waals surface area contributed by atoms with Crippen molar-refractivity contribution in [3.8, 4) is 17.2 Å². The summed E-state index contributed by atoms with van der Waals surface area (Å²) in [7, 11) is -3.77. The number of aromatic nitrogens is 3. The average Bonchev–Trinajstić information content (AvgIpc) is 3.07. The van der Waals surface area contributed by atoms with E-state index in [1.54, 1.807) is 28.8 Å². The molecule has 3 aromatic rings. The molecule has 0 spiro atoms. The summed E-state index contributed by atoms with van der Waals surface area (Å²) in [5.41, 5.74) is 1.18. The summed E-state index contributed by atoms with van der Waals surface area (Å²) in [4.78, 5) is 0.108. The minimum Gasteiger partial charge on any atom is -0.490 e. The van der Waals surface area contributed by atoms with Crippen LogP contribution in [0.5, 0.6) is 11.5 Å². The Balaban J connectivity index is 1.62. The van der Waals surface area contributed by atoms with Crippen molar-refractivity contribution in [1.82, 2.24) is 14.8 Å². The molecule has 1 aliphatic rings. The number of nitrogens with zero attached hydrogens (tertiary/aromatic N) is 3. The first-order valence-corrected chi connectivity index (χ1v) is 9.48. The van der Waals surface area contributed by atoms with Gasteiger partial charge in [0.05, 0.1) is 29.5 Å². The Bertz CT molecular complexity index is 1020. The topological polar surface area (TPSA) is 95.3 Å². The van der Waals surface area contributed by atoms with Crippen LogP contribution in [0.1, 0.15) is 6.42 Å². The van der Waals surface area contributed by atoms with Crippen LogP contribution >= 0.6 is 0 Å². The zero-order valence-electron chi connectivity index (χ0n) is 13.7. The minimum absolute atomic E-state index is 0.108. The third kappa shape index (κ3) is 3.33. The van der Waals surface area contributed by atoms with Crippen LogP contribution in [0.4, 0.5) is 5.69 Å². The second-order valence-corrected chi connectivity index (χ2v) is 7.37. The third-order valence-electron chi connectivity index (χ3n) is 3.84. The van der Waals surface area contributed by atoms with Gasteiger partial charge in [-0.2, -0.15) is 0 Å². The molecule has 26 heavy (non-hydrogen) atoms. The van der Waals surface area contributed by atoms with Crippen LogP contribution in [0, 0.1) is 0 Å². The van der Waals surface area contributed by atoms with Crippen molar-refractivity contribution in [3.63, 3.8) is 0 Å². The molecule has 0 saturated carbocycles.